The van der Waals surface area contributed by atoms with E-state index in [9.17, 15) is 4.79 Å². The Labute approximate surface area is 184 Å². The molecule has 6 nitrogen and oxygen atoms in total. The number of carbonyl (C=O) groups excluding carboxylic acids is 1. The quantitative estimate of drug-likeness (QED) is 0.619. The minimum Gasteiger partial charge on any atom is -0.493 e. The molecule has 8 heteroatoms. The fourth-order valence-electron chi connectivity index (χ4n) is 3.47. The zero-order valence-electron chi connectivity index (χ0n) is 16.7. The third-order valence-corrected chi connectivity index (χ3v) is 5.92. The van der Waals surface area contributed by atoms with Crippen LogP contribution in [-0.4, -0.2) is 63.2 Å². The molecule has 1 heterocycles. The standard InChI is InChI=1S/C21H24BrClN2O4/c1-27-18-7-4-14(19(28-2)20(18)29-3)13-24-8-10-25(11-9-24)21(26)16-12-15(23)5-6-17(16)22/h4-7,12H,8-11,13H2,1-3H3. The predicted octanol–water partition coefficient (Wildman–Crippen LogP) is 4.09. The van der Waals surface area contributed by atoms with E-state index in [1.165, 1.54) is 0 Å². The molecule has 0 unspecified atom stereocenters. The maximum absolute atomic E-state index is 12.9. The highest BCUT2D eigenvalue weighted by Gasteiger charge is 2.25. The molecule has 1 amide bonds. The maximum atomic E-state index is 12.9. The van der Waals surface area contributed by atoms with Gasteiger partial charge in [-0.3, -0.25) is 9.69 Å². The van der Waals surface area contributed by atoms with Gasteiger partial charge in [-0.05, 0) is 40.2 Å². The minimum absolute atomic E-state index is 0.0114. The summed E-state index contributed by atoms with van der Waals surface area (Å²) in [6, 6.07) is 9.13. The molecule has 0 N–H and O–H groups in total. The number of nitrogens with zero attached hydrogens (tertiary/aromatic N) is 2. The number of methoxy groups -OCH3 is 3. The van der Waals surface area contributed by atoms with Crippen molar-refractivity contribution in [3.63, 3.8) is 0 Å². The SMILES string of the molecule is COc1ccc(CN2CCN(C(=O)c3cc(Cl)ccc3Br)CC2)c(OC)c1OC. The van der Waals surface area contributed by atoms with E-state index < -0.39 is 0 Å². The molecule has 29 heavy (non-hydrogen) atoms. The van der Waals surface area contributed by atoms with Crippen LogP contribution in [0.25, 0.3) is 0 Å². The second-order valence-corrected chi connectivity index (χ2v) is 7.98. The number of piperazine rings is 1. The first-order valence-corrected chi connectivity index (χ1v) is 10.4. The molecule has 0 spiro atoms. The van der Waals surface area contributed by atoms with Crippen LogP contribution in [0.5, 0.6) is 17.2 Å². The lowest BCUT2D eigenvalue weighted by Gasteiger charge is -2.35. The van der Waals surface area contributed by atoms with Crippen LogP contribution in [0.3, 0.4) is 0 Å². The van der Waals surface area contributed by atoms with Gasteiger partial charge in [0, 0.05) is 47.8 Å². The van der Waals surface area contributed by atoms with Crippen LogP contribution in [0.4, 0.5) is 0 Å². The van der Waals surface area contributed by atoms with Gasteiger partial charge in [0.15, 0.2) is 11.5 Å². The molecule has 156 valence electrons. The number of ether oxygens (including phenoxy) is 3. The average molecular weight is 484 g/mol. The molecule has 2 aromatic carbocycles. The highest BCUT2D eigenvalue weighted by atomic mass is 79.9. The lowest BCUT2D eigenvalue weighted by Crippen LogP contribution is -2.48. The van der Waals surface area contributed by atoms with Crippen molar-refractivity contribution in [2.45, 2.75) is 6.54 Å². The van der Waals surface area contributed by atoms with Crippen molar-refractivity contribution in [2.24, 2.45) is 0 Å². The topological polar surface area (TPSA) is 51.2 Å². The van der Waals surface area contributed by atoms with E-state index in [2.05, 4.69) is 20.8 Å². The van der Waals surface area contributed by atoms with Gasteiger partial charge in [0.2, 0.25) is 5.75 Å². The molecular weight excluding hydrogens is 460 g/mol. The molecule has 1 aliphatic heterocycles. The number of rotatable bonds is 6. The predicted molar refractivity (Wildman–Crippen MR) is 116 cm³/mol. The van der Waals surface area contributed by atoms with Crippen molar-refractivity contribution in [1.29, 1.82) is 0 Å². The van der Waals surface area contributed by atoms with Gasteiger partial charge in [-0.1, -0.05) is 17.7 Å². The summed E-state index contributed by atoms with van der Waals surface area (Å²) in [5, 5.41) is 0.552. The van der Waals surface area contributed by atoms with E-state index in [-0.39, 0.29) is 5.91 Å². The molecule has 1 aliphatic rings. The van der Waals surface area contributed by atoms with Crippen molar-refractivity contribution in [2.75, 3.05) is 47.5 Å². The maximum Gasteiger partial charge on any atom is 0.255 e. The van der Waals surface area contributed by atoms with E-state index in [4.69, 9.17) is 25.8 Å². The molecule has 3 rings (SSSR count). The molecule has 0 aliphatic carbocycles. The molecule has 1 saturated heterocycles. The van der Waals surface area contributed by atoms with Crippen LogP contribution in [0.1, 0.15) is 15.9 Å². The Hall–Kier alpha value is -1.96. The fourth-order valence-corrected chi connectivity index (χ4v) is 4.06. The summed E-state index contributed by atoms with van der Waals surface area (Å²) >= 11 is 9.50. The van der Waals surface area contributed by atoms with E-state index in [0.29, 0.717) is 47.5 Å². The van der Waals surface area contributed by atoms with E-state index in [0.717, 1.165) is 23.1 Å². The number of halogens is 2. The van der Waals surface area contributed by atoms with E-state index in [1.54, 1.807) is 39.5 Å². The lowest BCUT2D eigenvalue weighted by molar-refractivity contribution is 0.0626. The number of carbonyl (C=O) groups is 1. The van der Waals surface area contributed by atoms with Gasteiger partial charge < -0.3 is 19.1 Å². The van der Waals surface area contributed by atoms with Gasteiger partial charge in [0.05, 0.1) is 26.9 Å². The molecular formula is C21H24BrClN2O4. The van der Waals surface area contributed by atoms with E-state index in [1.807, 2.05) is 17.0 Å². The number of benzene rings is 2. The van der Waals surface area contributed by atoms with Crippen molar-refractivity contribution < 1.29 is 19.0 Å². The molecule has 2 aromatic rings. The lowest BCUT2D eigenvalue weighted by atomic mass is 10.1. The first-order valence-electron chi connectivity index (χ1n) is 9.23. The summed E-state index contributed by atoms with van der Waals surface area (Å²) in [6.07, 6.45) is 0. The first kappa shape index (κ1) is 21.7. The summed E-state index contributed by atoms with van der Waals surface area (Å²) in [4.78, 5) is 17.0. The Bertz CT molecular complexity index is 885. The van der Waals surface area contributed by atoms with Crippen molar-refractivity contribution in [3.05, 3.63) is 51.0 Å². The minimum atomic E-state index is -0.0114. The van der Waals surface area contributed by atoms with Gasteiger partial charge in [-0.15, -0.1) is 0 Å². The summed E-state index contributed by atoms with van der Waals surface area (Å²) in [6.45, 7) is 3.52. The Morgan fingerprint density at radius 3 is 2.31 bits per heavy atom. The molecule has 0 aromatic heterocycles. The third-order valence-electron chi connectivity index (χ3n) is 5.00. The Morgan fingerprint density at radius 1 is 1.00 bits per heavy atom. The van der Waals surface area contributed by atoms with Crippen LogP contribution < -0.4 is 14.2 Å². The summed E-state index contributed by atoms with van der Waals surface area (Å²) in [5.74, 6) is 1.89. The largest absolute Gasteiger partial charge is 0.493 e. The Balaban J connectivity index is 1.67. The molecule has 0 radical (unpaired) electrons. The summed E-state index contributed by atoms with van der Waals surface area (Å²) in [5.41, 5.74) is 1.61. The normalized spacial score (nSPS) is 14.6. The van der Waals surface area contributed by atoms with Gasteiger partial charge in [0.1, 0.15) is 0 Å². The van der Waals surface area contributed by atoms with Crippen LogP contribution in [0.2, 0.25) is 5.02 Å². The number of hydrogen-bond donors (Lipinski definition) is 0. The van der Waals surface area contributed by atoms with Gasteiger partial charge in [0.25, 0.3) is 5.91 Å². The monoisotopic (exact) mass is 482 g/mol. The summed E-state index contributed by atoms with van der Waals surface area (Å²) in [7, 11) is 4.83. The molecule has 1 fully saturated rings. The molecule has 0 atom stereocenters. The number of hydrogen-bond acceptors (Lipinski definition) is 5. The second-order valence-electron chi connectivity index (χ2n) is 6.69. The first-order chi connectivity index (χ1) is 14.0. The molecule has 0 bridgehead atoms. The second kappa shape index (κ2) is 9.69. The van der Waals surface area contributed by atoms with Crippen LogP contribution in [0, 0.1) is 0 Å². The Morgan fingerprint density at radius 2 is 1.69 bits per heavy atom. The zero-order valence-corrected chi connectivity index (χ0v) is 19.0. The highest BCUT2D eigenvalue weighted by molar-refractivity contribution is 9.10. The van der Waals surface area contributed by atoms with Gasteiger partial charge in [-0.2, -0.15) is 0 Å². The van der Waals surface area contributed by atoms with Gasteiger partial charge in [-0.25, -0.2) is 0 Å². The highest BCUT2D eigenvalue weighted by Crippen LogP contribution is 2.40. The third kappa shape index (κ3) is 4.79. The number of amides is 1. The zero-order chi connectivity index (χ0) is 21.0. The van der Waals surface area contributed by atoms with Crippen LogP contribution in [0.15, 0.2) is 34.8 Å². The smallest absolute Gasteiger partial charge is 0.255 e. The fraction of sp³-hybridized carbons (Fsp3) is 0.381. The molecule has 0 saturated carbocycles. The Kier molecular flexibility index (Phi) is 7.27. The van der Waals surface area contributed by atoms with Crippen LogP contribution >= 0.6 is 27.5 Å². The van der Waals surface area contributed by atoms with Crippen molar-refractivity contribution >= 4 is 33.4 Å². The van der Waals surface area contributed by atoms with Gasteiger partial charge >= 0.3 is 0 Å². The van der Waals surface area contributed by atoms with Crippen molar-refractivity contribution in [1.82, 2.24) is 9.80 Å². The van der Waals surface area contributed by atoms with E-state index >= 15 is 0 Å². The van der Waals surface area contributed by atoms with Crippen LogP contribution in [-0.2, 0) is 6.54 Å². The van der Waals surface area contributed by atoms with Crippen molar-refractivity contribution in [3.8, 4) is 17.2 Å². The average Bonchev–Trinajstić information content (AvgIpc) is 2.75. The summed E-state index contributed by atoms with van der Waals surface area (Å²) < 4.78 is 17.2.